The summed E-state index contributed by atoms with van der Waals surface area (Å²) < 4.78 is 1.69. The summed E-state index contributed by atoms with van der Waals surface area (Å²) in [7, 11) is 0. The molecule has 0 radical (unpaired) electrons. The second-order valence-corrected chi connectivity index (χ2v) is 4.92. The fourth-order valence-electron chi connectivity index (χ4n) is 2.07. The molecule has 0 aliphatic heterocycles. The molecule has 2 aromatic rings. The minimum Gasteiger partial charge on any atom is -0.480 e. The number of nitrogens with zero attached hydrogens (tertiary/aromatic N) is 2. The number of nitrogens with one attached hydrogen (secondary N) is 1. The number of carbonyl (C=O) groups excluding carboxylic acids is 1. The molecule has 0 saturated heterocycles. The monoisotopic (exact) mass is 287 g/mol. The molecule has 0 aliphatic carbocycles. The zero-order valence-electron chi connectivity index (χ0n) is 12.2. The van der Waals surface area contributed by atoms with Crippen LogP contribution in [0.3, 0.4) is 0 Å². The van der Waals surface area contributed by atoms with Crippen molar-refractivity contribution < 1.29 is 14.7 Å². The Bertz CT molecular complexity index is 704. The van der Waals surface area contributed by atoms with E-state index < -0.39 is 18.4 Å². The molecule has 0 fully saturated rings. The Morgan fingerprint density at radius 3 is 2.67 bits per heavy atom. The molecular weight excluding hydrogens is 270 g/mol. The van der Waals surface area contributed by atoms with Crippen LogP contribution in [0.5, 0.6) is 0 Å². The molecule has 1 amide bonds. The van der Waals surface area contributed by atoms with Crippen LogP contribution in [0.4, 0.5) is 0 Å². The number of hydrogen-bond donors (Lipinski definition) is 2. The number of aryl methyl sites for hydroxylation is 2. The summed E-state index contributed by atoms with van der Waals surface area (Å²) in [5.74, 6) is -1.52. The SMILES string of the molecule is Cc1ccc(C)c(-n2ncc(C(=O)NCC(=O)O)c2C)c1. The van der Waals surface area contributed by atoms with Gasteiger partial charge in [0.25, 0.3) is 5.91 Å². The maximum atomic E-state index is 11.9. The van der Waals surface area contributed by atoms with Gasteiger partial charge in [-0.1, -0.05) is 12.1 Å². The van der Waals surface area contributed by atoms with E-state index in [1.807, 2.05) is 32.0 Å². The molecule has 6 nitrogen and oxygen atoms in total. The maximum absolute atomic E-state index is 11.9. The third kappa shape index (κ3) is 3.10. The molecule has 0 spiro atoms. The van der Waals surface area contributed by atoms with E-state index in [0.717, 1.165) is 16.8 Å². The number of carboxylic acids is 1. The van der Waals surface area contributed by atoms with Crippen LogP contribution in [0.1, 0.15) is 27.2 Å². The number of hydrogen-bond acceptors (Lipinski definition) is 3. The van der Waals surface area contributed by atoms with Gasteiger partial charge in [-0.05, 0) is 38.0 Å². The van der Waals surface area contributed by atoms with Crippen LogP contribution in [0.25, 0.3) is 5.69 Å². The normalized spacial score (nSPS) is 10.4. The van der Waals surface area contributed by atoms with Gasteiger partial charge in [-0.25, -0.2) is 4.68 Å². The lowest BCUT2D eigenvalue weighted by atomic mass is 10.1. The Morgan fingerprint density at radius 1 is 1.29 bits per heavy atom. The number of aliphatic carboxylic acids is 1. The van der Waals surface area contributed by atoms with Gasteiger partial charge < -0.3 is 10.4 Å². The Kier molecular flexibility index (Phi) is 4.07. The van der Waals surface area contributed by atoms with Crippen LogP contribution in [-0.2, 0) is 4.79 Å². The molecule has 6 heteroatoms. The molecule has 0 saturated carbocycles. The molecule has 1 aromatic carbocycles. The van der Waals surface area contributed by atoms with Crippen LogP contribution < -0.4 is 5.32 Å². The fraction of sp³-hybridized carbons (Fsp3) is 0.267. The minimum atomic E-state index is -1.08. The lowest BCUT2D eigenvalue weighted by Gasteiger charge is -2.10. The van der Waals surface area contributed by atoms with Crippen molar-refractivity contribution in [3.63, 3.8) is 0 Å². The van der Waals surface area contributed by atoms with Crippen molar-refractivity contribution >= 4 is 11.9 Å². The van der Waals surface area contributed by atoms with Gasteiger partial charge in [-0.2, -0.15) is 5.10 Å². The zero-order chi connectivity index (χ0) is 15.6. The van der Waals surface area contributed by atoms with Gasteiger partial charge in [0.15, 0.2) is 0 Å². The molecule has 1 aromatic heterocycles. The van der Waals surface area contributed by atoms with E-state index in [1.165, 1.54) is 6.20 Å². The highest BCUT2D eigenvalue weighted by Gasteiger charge is 2.16. The predicted molar refractivity (Wildman–Crippen MR) is 77.7 cm³/mol. The fourth-order valence-corrected chi connectivity index (χ4v) is 2.07. The van der Waals surface area contributed by atoms with Gasteiger partial charge in [0.2, 0.25) is 0 Å². The molecular formula is C15H17N3O3. The summed E-state index contributed by atoms with van der Waals surface area (Å²) in [6.45, 7) is 5.33. The van der Waals surface area contributed by atoms with Gasteiger partial charge in [0.05, 0.1) is 23.1 Å². The van der Waals surface area contributed by atoms with Crippen molar-refractivity contribution in [3.8, 4) is 5.69 Å². The van der Waals surface area contributed by atoms with E-state index in [0.29, 0.717) is 11.3 Å². The lowest BCUT2D eigenvalue weighted by molar-refractivity contribution is -0.135. The molecule has 21 heavy (non-hydrogen) atoms. The Morgan fingerprint density at radius 2 is 2.00 bits per heavy atom. The van der Waals surface area contributed by atoms with E-state index in [1.54, 1.807) is 11.6 Å². The summed E-state index contributed by atoms with van der Waals surface area (Å²) in [6.07, 6.45) is 1.45. The number of amides is 1. The number of rotatable bonds is 4. The third-order valence-corrected chi connectivity index (χ3v) is 3.25. The van der Waals surface area contributed by atoms with E-state index >= 15 is 0 Å². The quantitative estimate of drug-likeness (QED) is 0.894. The standard InChI is InChI=1S/C15H17N3O3/c1-9-4-5-10(2)13(6-9)18-11(3)12(7-17-18)15(21)16-8-14(19)20/h4-7H,8H2,1-3H3,(H,16,21)(H,19,20). The van der Waals surface area contributed by atoms with Gasteiger partial charge in [-0.15, -0.1) is 0 Å². The highest BCUT2D eigenvalue weighted by Crippen LogP contribution is 2.19. The van der Waals surface area contributed by atoms with Crippen molar-refractivity contribution in [3.05, 3.63) is 46.8 Å². The van der Waals surface area contributed by atoms with Crippen LogP contribution in [0.15, 0.2) is 24.4 Å². The molecule has 0 atom stereocenters. The summed E-state index contributed by atoms with van der Waals surface area (Å²) >= 11 is 0. The highest BCUT2D eigenvalue weighted by atomic mass is 16.4. The van der Waals surface area contributed by atoms with E-state index in [4.69, 9.17) is 5.11 Å². The van der Waals surface area contributed by atoms with Crippen LogP contribution in [0, 0.1) is 20.8 Å². The van der Waals surface area contributed by atoms with Gasteiger partial charge in [0.1, 0.15) is 6.54 Å². The molecule has 110 valence electrons. The minimum absolute atomic E-state index is 0.372. The second-order valence-electron chi connectivity index (χ2n) is 4.92. The Balaban J connectivity index is 2.34. The maximum Gasteiger partial charge on any atom is 0.322 e. The smallest absolute Gasteiger partial charge is 0.322 e. The summed E-state index contributed by atoms with van der Waals surface area (Å²) in [6, 6.07) is 6.00. The largest absolute Gasteiger partial charge is 0.480 e. The molecule has 0 aliphatic rings. The first-order valence-corrected chi connectivity index (χ1v) is 6.52. The molecule has 0 bridgehead atoms. The van der Waals surface area contributed by atoms with Crippen molar-refractivity contribution in [2.24, 2.45) is 0 Å². The van der Waals surface area contributed by atoms with Crippen molar-refractivity contribution in [1.29, 1.82) is 0 Å². The molecule has 1 heterocycles. The molecule has 2 N–H and O–H groups in total. The van der Waals surface area contributed by atoms with E-state index in [9.17, 15) is 9.59 Å². The van der Waals surface area contributed by atoms with Gasteiger partial charge in [-0.3, -0.25) is 9.59 Å². The van der Waals surface area contributed by atoms with Crippen molar-refractivity contribution in [1.82, 2.24) is 15.1 Å². The van der Waals surface area contributed by atoms with Gasteiger partial charge >= 0.3 is 5.97 Å². The van der Waals surface area contributed by atoms with E-state index in [-0.39, 0.29) is 0 Å². The van der Waals surface area contributed by atoms with Crippen LogP contribution in [0.2, 0.25) is 0 Å². The first kappa shape index (κ1) is 14.8. The summed E-state index contributed by atoms with van der Waals surface area (Å²) in [5.41, 5.74) is 4.10. The van der Waals surface area contributed by atoms with Crippen molar-refractivity contribution in [2.45, 2.75) is 20.8 Å². The molecule has 0 unspecified atom stereocenters. The number of carboxylic acid groups (broad SMARTS) is 1. The number of carbonyl (C=O) groups is 2. The van der Waals surface area contributed by atoms with Gasteiger partial charge in [0, 0.05) is 0 Å². The Hall–Kier alpha value is -2.63. The first-order chi connectivity index (χ1) is 9.90. The van der Waals surface area contributed by atoms with Crippen molar-refractivity contribution in [2.75, 3.05) is 6.54 Å². The average Bonchev–Trinajstić information content (AvgIpc) is 2.80. The number of aromatic nitrogens is 2. The Labute approximate surface area is 122 Å². The average molecular weight is 287 g/mol. The topological polar surface area (TPSA) is 84.2 Å². The highest BCUT2D eigenvalue weighted by molar-refractivity contribution is 5.96. The second kappa shape index (κ2) is 5.78. The molecule has 2 rings (SSSR count). The van der Waals surface area contributed by atoms with Crippen LogP contribution >= 0.6 is 0 Å². The third-order valence-electron chi connectivity index (χ3n) is 3.25. The zero-order valence-corrected chi connectivity index (χ0v) is 12.2. The first-order valence-electron chi connectivity index (χ1n) is 6.52. The predicted octanol–water partition coefficient (Wildman–Crippen LogP) is 1.61. The van der Waals surface area contributed by atoms with Crippen LogP contribution in [-0.4, -0.2) is 33.3 Å². The lowest BCUT2D eigenvalue weighted by Crippen LogP contribution is -2.29. The number of benzene rings is 1. The summed E-state index contributed by atoms with van der Waals surface area (Å²) in [4.78, 5) is 22.4. The summed E-state index contributed by atoms with van der Waals surface area (Å²) in [5, 5.41) is 15.2. The van der Waals surface area contributed by atoms with E-state index in [2.05, 4.69) is 10.4 Å².